The van der Waals surface area contributed by atoms with Gasteiger partial charge in [-0.25, -0.2) is 0 Å². The SMILES string of the molecule is COc1ccc([C@H](O)[C@@H](CN2CCCC2)NC(=O)CC2Cc3ccccc3C2)nc1. The first-order valence-electron chi connectivity index (χ1n) is 10.9. The summed E-state index contributed by atoms with van der Waals surface area (Å²) < 4.78 is 5.16. The summed E-state index contributed by atoms with van der Waals surface area (Å²) in [6, 6.07) is 11.6. The van der Waals surface area contributed by atoms with Crippen LogP contribution in [0.2, 0.25) is 0 Å². The van der Waals surface area contributed by atoms with Crippen LogP contribution in [0.4, 0.5) is 0 Å². The molecule has 160 valence electrons. The number of hydrogen-bond donors (Lipinski definition) is 2. The molecule has 2 N–H and O–H groups in total. The summed E-state index contributed by atoms with van der Waals surface area (Å²) >= 11 is 0. The first-order chi connectivity index (χ1) is 14.6. The van der Waals surface area contributed by atoms with Crippen LogP contribution in [0.3, 0.4) is 0 Å². The van der Waals surface area contributed by atoms with Crippen LogP contribution in [-0.2, 0) is 17.6 Å². The summed E-state index contributed by atoms with van der Waals surface area (Å²) in [7, 11) is 1.59. The number of hydrogen-bond acceptors (Lipinski definition) is 5. The van der Waals surface area contributed by atoms with Crippen LogP contribution in [0, 0.1) is 5.92 Å². The predicted octanol–water partition coefficient (Wildman–Crippen LogP) is 2.51. The molecule has 1 aliphatic carbocycles. The van der Waals surface area contributed by atoms with E-state index in [1.165, 1.54) is 11.1 Å². The molecule has 2 aromatic rings. The third-order valence-corrected chi connectivity index (χ3v) is 6.29. The van der Waals surface area contributed by atoms with Gasteiger partial charge in [0.25, 0.3) is 0 Å². The number of pyridine rings is 1. The standard InChI is InChI=1S/C24H31N3O3/c1-30-20-8-9-21(25-15-20)24(29)22(16-27-10-4-5-11-27)26-23(28)14-17-12-18-6-2-3-7-19(18)13-17/h2-3,6-9,15,17,22,24,29H,4-5,10-14,16H2,1H3,(H,26,28)/t22-,24+/m1/s1. The zero-order valence-electron chi connectivity index (χ0n) is 17.6. The van der Waals surface area contributed by atoms with Crippen molar-refractivity contribution in [2.75, 3.05) is 26.7 Å². The number of aliphatic hydroxyl groups excluding tert-OH is 1. The lowest BCUT2D eigenvalue weighted by Gasteiger charge is -2.28. The molecule has 1 aromatic carbocycles. The summed E-state index contributed by atoms with van der Waals surface area (Å²) in [4.78, 5) is 19.5. The highest BCUT2D eigenvalue weighted by atomic mass is 16.5. The van der Waals surface area contributed by atoms with E-state index in [0.29, 0.717) is 30.3 Å². The minimum Gasteiger partial charge on any atom is -0.495 e. The zero-order valence-corrected chi connectivity index (χ0v) is 17.6. The van der Waals surface area contributed by atoms with Gasteiger partial charge in [-0.3, -0.25) is 9.78 Å². The molecule has 1 aromatic heterocycles. The van der Waals surface area contributed by atoms with Crippen molar-refractivity contribution in [2.45, 2.75) is 44.2 Å². The largest absolute Gasteiger partial charge is 0.495 e. The van der Waals surface area contributed by atoms with Crippen LogP contribution in [0.5, 0.6) is 5.75 Å². The molecule has 0 unspecified atom stereocenters. The lowest BCUT2D eigenvalue weighted by Crippen LogP contribution is -2.47. The van der Waals surface area contributed by atoms with E-state index in [2.05, 4.69) is 39.5 Å². The maximum absolute atomic E-state index is 12.9. The number of methoxy groups -OCH3 is 1. The van der Waals surface area contributed by atoms with Gasteiger partial charge in [0.1, 0.15) is 11.9 Å². The summed E-state index contributed by atoms with van der Waals surface area (Å²) in [5, 5.41) is 14.1. The molecule has 0 spiro atoms. The van der Waals surface area contributed by atoms with Gasteiger partial charge in [0.15, 0.2) is 0 Å². The fraction of sp³-hybridized carbons (Fsp3) is 0.500. The van der Waals surface area contributed by atoms with Gasteiger partial charge in [0.2, 0.25) is 5.91 Å². The van der Waals surface area contributed by atoms with Gasteiger partial charge in [-0.15, -0.1) is 0 Å². The molecule has 6 nitrogen and oxygen atoms in total. The van der Waals surface area contributed by atoms with Crippen LogP contribution in [-0.4, -0.2) is 53.7 Å². The molecule has 0 saturated carbocycles. The van der Waals surface area contributed by atoms with Crippen molar-refractivity contribution in [2.24, 2.45) is 5.92 Å². The van der Waals surface area contributed by atoms with Crippen molar-refractivity contribution < 1.29 is 14.6 Å². The average molecular weight is 410 g/mol. The summed E-state index contributed by atoms with van der Waals surface area (Å²) in [5.41, 5.74) is 3.26. The number of fused-ring (bicyclic) bond motifs is 1. The molecule has 1 aliphatic heterocycles. The fourth-order valence-electron chi connectivity index (χ4n) is 4.68. The smallest absolute Gasteiger partial charge is 0.220 e. The molecule has 30 heavy (non-hydrogen) atoms. The third kappa shape index (κ3) is 4.99. The number of aromatic nitrogens is 1. The van der Waals surface area contributed by atoms with Gasteiger partial charge in [0, 0.05) is 13.0 Å². The minimum atomic E-state index is -0.860. The average Bonchev–Trinajstić information content (AvgIpc) is 3.42. The van der Waals surface area contributed by atoms with E-state index in [9.17, 15) is 9.90 Å². The van der Waals surface area contributed by atoms with Gasteiger partial charge in [-0.2, -0.15) is 0 Å². The first-order valence-corrected chi connectivity index (χ1v) is 10.9. The molecule has 0 radical (unpaired) electrons. The Hall–Kier alpha value is -2.44. The van der Waals surface area contributed by atoms with Crippen molar-refractivity contribution in [1.82, 2.24) is 15.2 Å². The van der Waals surface area contributed by atoms with Crippen LogP contribution >= 0.6 is 0 Å². The van der Waals surface area contributed by atoms with Crippen molar-refractivity contribution in [3.05, 3.63) is 59.4 Å². The lowest BCUT2D eigenvalue weighted by molar-refractivity contribution is -0.123. The number of rotatable bonds is 8. The van der Waals surface area contributed by atoms with Gasteiger partial charge >= 0.3 is 0 Å². The lowest BCUT2D eigenvalue weighted by atomic mass is 10.0. The number of carbonyl (C=O) groups is 1. The van der Waals surface area contributed by atoms with E-state index in [4.69, 9.17) is 4.74 Å². The Morgan fingerprint density at radius 1 is 1.20 bits per heavy atom. The second-order valence-electron chi connectivity index (χ2n) is 8.50. The summed E-state index contributed by atoms with van der Waals surface area (Å²) in [6.45, 7) is 2.64. The molecule has 4 rings (SSSR count). The van der Waals surface area contributed by atoms with Crippen molar-refractivity contribution in [3.63, 3.8) is 0 Å². The number of benzene rings is 1. The summed E-state index contributed by atoms with van der Waals surface area (Å²) in [6.07, 6.45) is 5.44. The third-order valence-electron chi connectivity index (χ3n) is 6.29. The Bertz CT molecular complexity index is 824. The van der Waals surface area contributed by atoms with E-state index in [1.807, 2.05) is 0 Å². The van der Waals surface area contributed by atoms with E-state index >= 15 is 0 Å². The van der Waals surface area contributed by atoms with Crippen LogP contribution < -0.4 is 10.1 Å². The molecular weight excluding hydrogens is 378 g/mol. The van der Waals surface area contributed by atoms with Gasteiger partial charge in [-0.05, 0) is 68.0 Å². The predicted molar refractivity (Wildman–Crippen MR) is 115 cm³/mol. The van der Waals surface area contributed by atoms with Gasteiger partial charge in [0.05, 0.1) is 25.0 Å². The molecule has 2 aliphatic rings. The highest BCUT2D eigenvalue weighted by Gasteiger charge is 2.29. The molecule has 1 amide bonds. The first kappa shape index (κ1) is 20.8. The number of likely N-dealkylation sites (tertiary alicyclic amines) is 1. The molecule has 2 atom stereocenters. The van der Waals surface area contributed by atoms with Crippen molar-refractivity contribution >= 4 is 5.91 Å². The highest BCUT2D eigenvalue weighted by molar-refractivity contribution is 5.76. The van der Waals surface area contributed by atoms with E-state index in [0.717, 1.165) is 38.8 Å². The Labute approximate surface area is 178 Å². The molecule has 6 heteroatoms. The summed E-state index contributed by atoms with van der Waals surface area (Å²) in [5.74, 6) is 0.975. The number of nitrogens with one attached hydrogen (secondary N) is 1. The van der Waals surface area contributed by atoms with Gasteiger partial charge in [-0.1, -0.05) is 24.3 Å². The molecular formula is C24H31N3O3. The van der Waals surface area contributed by atoms with Crippen molar-refractivity contribution in [1.29, 1.82) is 0 Å². The quantitative estimate of drug-likeness (QED) is 0.701. The minimum absolute atomic E-state index is 0.00423. The topological polar surface area (TPSA) is 74.7 Å². The molecule has 2 heterocycles. The van der Waals surface area contributed by atoms with E-state index < -0.39 is 6.10 Å². The van der Waals surface area contributed by atoms with Crippen LogP contribution in [0.25, 0.3) is 0 Å². The molecule has 1 saturated heterocycles. The normalized spacial score (nSPS) is 18.7. The number of carbonyl (C=O) groups excluding carboxylic acids is 1. The van der Waals surface area contributed by atoms with Crippen LogP contribution in [0.15, 0.2) is 42.6 Å². The number of nitrogens with zero attached hydrogens (tertiary/aromatic N) is 2. The Balaban J connectivity index is 1.40. The second kappa shape index (κ2) is 9.58. The molecule has 0 bridgehead atoms. The van der Waals surface area contributed by atoms with E-state index in [-0.39, 0.29) is 11.9 Å². The Kier molecular flexibility index (Phi) is 6.65. The maximum Gasteiger partial charge on any atom is 0.220 e. The number of ether oxygens (including phenoxy) is 1. The fourth-order valence-corrected chi connectivity index (χ4v) is 4.68. The molecule has 1 fully saturated rings. The zero-order chi connectivity index (χ0) is 20.9. The van der Waals surface area contributed by atoms with Crippen molar-refractivity contribution in [3.8, 4) is 5.75 Å². The number of amides is 1. The van der Waals surface area contributed by atoms with Gasteiger partial charge < -0.3 is 20.1 Å². The highest BCUT2D eigenvalue weighted by Crippen LogP contribution is 2.29. The Morgan fingerprint density at radius 2 is 1.90 bits per heavy atom. The monoisotopic (exact) mass is 409 g/mol. The van der Waals surface area contributed by atoms with E-state index in [1.54, 1.807) is 25.4 Å². The maximum atomic E-state index is 12.9. The Morgan fingerprint density at radius 3 is 2.50 bits per heavy atom. The number of aliphatic hydroxyl groups is 1. The van der Waals surface area contributed by atoms with Crippen LogP contribution in [0.1, 0.15) is 42.2 Å². The second-order valence-corrected chi connectivity index (χ2v) is 8.50.